The highest BCUT2D eigenvalue weighted by Gasteiger charge is 2.76. The number of alkyl halides is 1. The Balaban J connectivity index is 1.81. The van der Waals surface area contributed by atoms with E-state index in [4.69, 9.17) is 0 Å². The van der Waals surface area contributed by atoms with Crippen molar-refractivity contribution in [1.82, 2.24) is 9.80 Å². The molecule has 3 aliphatic rings. The molecule has 0 saturated carbocycles. The zero-order valence-corrected chi connectivity index (χ0v) is 22.5. The minimum Gasteiger partial charge on any atom is -0.481 e. The third-order valence-electron chi connectivity index (χ3n) is 7.97. The summed E-state index contributed by atoms with van der Waals surface area (Å²) >= 11 is 5.15. The third kappa shape index (κ3) is 4.23. The number of aliphatic hydroxyl groups excluding tert-OH is 1. The van der Waals surface area contributed by atoms with Gasteiger partial charge >= 0.3 is 5.97 Å². The number of thioether (sulfide) groups is 1. The summed E-state index contributed by atoms with van der Waals surface area (Å²) in [5.74, 6) is -3.26. The predicted octanol–water partition coefficient (Wildman–Crippen LogP) is 3.16. The van der Waals surface area contributed by atoms with E-state index in [9.17, 15) is 24.6 Å². The molecule has 2 amide bonds. The molecular formula is C26H33BrN2O5S. The normalized spacial score (nSPS) is 32.9. The maximum Gasteiger partial charge on any atom is 0.308 e. The van der Waals surface area contributed by atoms with Crippen LogP contribution >= 0.6 is 27.7 Å². The maximum absolute atomic E-state index is 14.4. The van der Waals surface area contributed by atoms with Crippen LogP contribution in [0.2, 0.25) is 0 Å². The lowest BCUT2D eigenvalue weighted by molar-refractivity contribution is -0.150. The summed E-state index contributed by atoms with van der Waals surface area (Å²) in [6, 6.07) is 8.22. The second-order valence-corrected chi connectivity index (χ2v) is 12.6. The standard InChI is InChI=1S/C26H33BrN2O5S/c1-4-11-28(13-16-9-7-6-8-10-16)24(32)22-26-12-17(27)21(35-26)19(25(33)34)20(26)23(31)29(22)18(14-30)15(3)5-2/h4,6-10,15,17-22,30H,1,5,11-14H2,2-3H3,(H,33,34)/t15-,17?,18-,19+,20-,21+,22?,26?/m0/s1. The molecule has 3 heterocycles. The van der Waals surface area contributed by atoms with Gasteiger partial charge in [0, 0.05) is 23.2 Å². The largest absolute Gasteiger partial charge is 0.481 e. The van der Waals surface area contributed by atoms with Crippen molar-refractivity contribution < 1.29 is 24.6 Å². The number of likely N-dealkylation sites (tertiary alicyclic amines) is 1. The zero-order valence-electron chi connectivity index (χ0n) is 20.0. The summed E-state index contributed by atoms with van der Waals surface area (Å²) in [6.07, 6.45) is 2.91. The maximum atomic E-state index is 14.4. The second kappa shape index (κ2) is 10.3. The Morgan fingerprint density at radius 3 is 2.63 bits per heavy atom. The molecule has 8 atom stereocenters. The number of carbonyl (C=O) groups excluding carboxylic acids is 2. The molecule has 9 heteroatoms. The van der Waals surface area contributed by atoms with Crippen LogP contribution in [-0.4, -0.2) is 77.9 Å². The Labute approximate surface area is 219 Å². The topological polar surface area (TPSA) is 98.2 Å². The predicted molar refractivity (Wildman–Crippen MR) is 139 cm³/mol. The number of hydrogen-bond donors (Lipinski definition) is 2. The fourth-order valence-electron chi connectivity index (χ4n) is 6.17. The lowest BCUT2D eigenvalue weighted by Gasteiger charge is -2.41. The molecule has 35 heavy (non-hydrogen) atoms. The molecule has 0 radical (unpaired) electrons. The molecule has 1 aromatic carbocycles. The van der Waals surface area contributed by atoms with Gasteiger partial charge in [-0.3, -0.25) is 14.4 Å². The van der Waals surface area contributed by atoms with Gasteiger partial charge < -0.3 is 20.0 Å². The Kier molecular flexibility index (Phi) is 7.69. The van der Waals surface area contributed by atoms with E-state index in [0.717, 1.165) is 5.56 Å². The molecule has 0 aliphatic carbocycles. The minimum absolute atomic E-state index is 0.0540. The van der Waals surface area contributed by atoms with E-state index >= 15 is 0 Å². The van der Waals surface area contributed by atoms with E-state index < -0.39 is 34.6 Å². The summed E-state index contributed by atoms with van der Waals surface area (Å²) in [6.45, 7) is 8.15. The van der Waals surface area contributed by atoms with E-state index in [-0.39, 0.29) is 34.4 Å². The Bertz CT molecular complexity index is 993. The van der Waals surface area contributed by atoms with E-state index in [2.05, 4.69) is 22.5 Å². The van der Waals surface area contributed by atoms with Crippen LogP contribution in [0.4, 0.5) is 0 Å². The fourth-order valence-corrected chi connectivity index (χ4v) is 9.75. The number of rotatable bonds is 10. The number of fused-ring (bicyclic) bond motifs is 1. The molecule has 3 saturated heterocycles. The van der Waals surface area contributed by atoms with Gasteiger partial charge in [-0.1, -0.05) is 72.6 Å². The summed E-state index contributed by atoms with van der Waals surface area (Å²) in [4.78, 5) is 43.9. The van der Waals surface area contributed by atoms with Crippen molar-refractivity contribution in [3.05, 3.63) is 48.6 Å². The number of carboxylic acids is 1. The van der Waals surface area contributed by atoms with Crippen molar-refractivity contribution >= 4 is 45.5 Å². The minimum atomic E-state index is -1.00. The van der Waals surface area contributed by atoms with Crippen LogP contribution in [0.15, 0.2) is 43.0 Å². The van der Waals surface area contributed by atoms with Crippen molar-refractivity contribution in [3.8, 4) is 0 Å². The molecule has 3 aliphatic heterocycles. The number of aliphatic hydroxyl groups is 1. The van der Waals surface area contributed by atoms with E-state index in [0.29, 0.717) is 25.9 Å². The summed E-state index contributed by atoms with van der Waals surface area (Å²) in [5.41, 5.74) is 0.957. The van der Waals surface area contributed by atoms with Gasteiger partial charge in [-0.2, -0.15) is 0 Å². The Hall–Kier alpha value is -1.84. The van der Waals surface area contributed by atoms with Gasteiger partial charge in [0.15, 0.2) is 0 Å². The van der Waals surface area contributed by atoms with Gasteiger partial charge in [-0.15, -0.1) is 18.3 Å². The molecular weight excluding hydrogens is 532 g/mol. The summed E-state index contributed by atoms with van der Waals surface area (Å²) in [7, 11) is 0. The first-order chi connectivity index (χ1) is 16.7. The molecule has 3 fully saturated rings. The Morgan fingerprint density at radius 1 is 1.37 bits per heavy atom. The Morgan fingerprint density at radius 2 is 2.06 bits per heavy atom. The van der Waals surface area contributed by atoms with Gasteiger partial charge in [-0.25, -0.2) is 0 Å². The van der Waals surface area contributed by atoms with Crippen LogP contribution in [0.1, 0.15) is 32.3 Å². The number of benzene rings is 1. The number of carbonyl (C=O) groups is 3. The highest BCUT2D eigenvalue weighted by atomic mass is 79.9. The third-order valence-corrected chi connectivity index (χ3v) is 11.2. The van der Waals surface area contributed by atoms with Crippen LogP contribution in [-0.2, 0) is 20.9 Å². The summed E-state index contributed by atoms with van der Waals surface area (Å²) in [5, 5.41) is 20.2. The van der Waals surface area contributed by atoms with Crippen LogP contribution in [0, 0.1) is 17.8 Å². The van der Waals surface area contributed by atoms with Gasteiger partial charge in [0.1, 0.15) is 6.04 Å². The van der Waals surface area contributed by atoms with Crippen molar-refractivity contribution in [3.63, 3.8) is 0 Å². The van der Waals surface area contributed by atoms with Crippen LogP contribution in [0.3, 0.4) is 0 Å². The molecule has 0 aromatic heterocycles. The first kappa shape index (κ1) is 26.2. The number of hydrogen-bond acceptors (Lipinski definition) is 5. The highest BCUT2D eigenvalue weighted by Crippen LogP contribution is 2.68. The zero-order chi connectivity index (χ0) is 25.5. The lowest BCUT2D eigenvalue weighted by atomic mass is 9.71. The van der Waals surface area contributed by atoms with Crippen LogP contribution in [0.5, 0.6) is 0 Å². The van der Waals surface area contributed by atoms with Gasteiger partial charge in [0.2, 0.25) is 11.8 Å². The second-order valence-electron chi connectivity index (χ2n) is 9.88. The number of halogens is 1. The molecule has 1 spiro atoms. The fraction of sp³-hybridized carbons (Fsp3) is 0.577. The molecule has 4 rings (SSSR count). The van der Waals surface area contributed by atoms with Crippen molar-refractivity contribution in [1.29, 1.82) is 0 Å². The number of amides is 2. The highest BCUT2D eigenvalue weighted by molar-refractivity contribution is 9.09. The first-order valence-electron chi connectivity index (χ1n) is 12.1. The quantitative estimate of drug-likeness (QED) is 0.334. The molecule has 1 aromatic rings. The van der Waals surface area contributed by atoms with Crippen LogP contribution < -0.4 is 0 Å². The number of nitrogens with zero attached hydrogens (tertiary/aromatic N) is 2. The molecule has 190 valence electrons. The van der Waals surface area contributed by atoms with Gasteiger partial charge in [0.25, 0.3) is 0 Å². The monoisotopic (exact) mass is 564 g/mol. The van der Waals surface area contributed by atoms with E-state index in [1.54, 1.807) is 15.9 Å². The molecule has 2 bridgehead atoms. The average molecular weight is 566 g/mol. The molecule has 3 unspecified atom stereocenters. The SMILES string of the molecule is C=CCN(Cc1ccccc1)C(=O)C1N([C@@H](CO)[C@@H](C)CC)C(=O)[C@@H]2[C@@H](C(=O)O)[C@@H]3SC12CC3Br. The van der Waals surface area contributed by atoms with Crippen molar-refractivity contribution in [2.45, 2.75) is 60.1 Å². The average Bonchev–Trinajstić information content (AvgIpc) is 3.43. The van der Waals surface area contributed by atoms with E-state index in [1.165, 1.54) is 11.8 Å². The van der Waals surface area contributed by atoms with Crippen molar-refractivity contribution in [2.75, 3.05) is 13.2 Å². The van der Waals surface area contributed by atoms with Crippen molar-refractivity contribution in [2.24, 2.45) is 17.8 Å². The van der Waals surface area contributed by atoms with Gasteiger partial charge in [-0.05, 0) is 17.9 Å². The summed E-state index contributed by atoms with van der Waals surface area (Å²) < 4.78 is -0.854. The molecule has 7 nitrogen and oxygen atoms in total. The van der Waals surface area contributed by atoms with Gasteiger partial charge in [0.05, 0.1) is 29.2 Å². The molecule has 2 N–H and O–H groups in total. The van der Waals surface area contributed by atoms with Crippen LogP contribution in [0.25, 0.3) is 0 Å². The first-order valence-corrected chi connectivity index (χ1v) is 13.9. The number of carboxylic acid groups (broad SMARTS) is 1. The smallest absolute Gasteiger partial charge is 0.308 e. The lowest BCUT2D eigenvalue weighted by Crippen LogP contribution is -2.58. The van der Waals surface area contributed by atoms with E-state index in [1.807, 2.05) is 44.2 Å². The number of aliphatic carboxylic acids is 1.